The van der Waals surface area contributed by atoms with Crippen LogP contribution >= 0.6 is 0 Å². The molecular weight excluding hydrogens is 196 g/mol. The van der Waals surface area contributed by atoms with E-state index in [1.54, 1.807) is 27.7 Å². The Balaban J connectivity index is 4.33. The maximum absolute atomic E-state index is 11.4. The summed E-state index contributed by atoms with van der Waals surface area (Å²) in [5.41, 5.74) is -1.63. The molecule has 0 aliphatic carbocycles. The van der Waals surface area contributed by atoms with Gasteiger partial charge in [-0.15, -0.1) is 0 Å². The van der Waals surface area contributed by atoms with Gasteiger partial charge in [0.2, 0.25) is 0 Å². The highest BCUT2D eigenvalue weighted by Crippen LogP contribution is 2.09. The van der Waals surface area contributed by atoms with Crippen molar-refractivity contribution in [3.05, 3.63) is 0 Å². The summed E-state index contributed by atoms with van der Waals surface area (Å²) in [5, 5.41) is 11.3. The van der Waals surface area contributed by atoms with Gasteiger partial charge in [0, 0.05) is 7.11 Å². The van der Waals surface area contributed by atoms with Crippen LogP contribution in [0.4, 0.5) is 4.79 Å². The maximum atomic E-state index is 11.4. The average Bonchev–Trinajstić information content (AvgIpc) is 2.00. The lowest BCUT2D eigenvalue weighted by atomic mass is 10.1. The van der Waals surface area contributed by atoms with Crippen molar-refractivity contribution < 1.29 is 14.3 Å². The second kappa shape index (κ2) is 4.99. The van der Waals surface area contributed by atoms with E-state index in [0.29, 0.717) is 0 Å². The van der Waals surface area contributed by atoms with Gasteiger partial charge in [-0.1, -0.05) is 0 Å². The molecule has 5 heteroatoms. The second-order valence-electron chi connectivity index (χ2n) is 4.50. The standard InChI is InChI=1S/C10H18N2O3/c1-9(2,3)15-8(13)12-10(4,6-11)7-14-5/h7H2,1-5H3,(H,12,13). The van der Waals surface area contributed by atoms with Crippen molar-refractivity contribution >= 4 is 6.09 Å². The van der Waals surface area contributed by atoms with Gasteiger partial charge in [0.25, 0.3) is 0 Å². The van der Waals surface area contributed by atoms with Crippen LogP contribution in [-0.4, -0.2) is 30.9 Å². The molecule has 0 saturated heterocycles. The Morgan fingerprint density at radius 3 is 2.27 bits per heavy atom. The van der Waals surface area contributed by atoms with E-state index in [9.17, 15) is 4.79 Å². The number of carbonyl (C=O) groups excluding carboxylic acids is 1. The Hall–Kier alpha value is -1.28. The number of rotatable bonds is 3. The van der Waals surface area contributed by atoms with E-state index in [0.717, 1.165) is 0 Å². The molecule has 0 radical (unpaired) electrons. The molecule has 1 amide bonds. The Labute approximate surface area is 90.4 Å². The van der Waals surface area contributed by atoms with Crippen LogP contribution in [0.2, 0.25) is 0 Å². The molecule has 1 unspecified atom stereocenters. The number of ether oxygens (including phenoxy) is 2. The summed E-state index contributed by atoms with van der Waals surface area (Å²) in [5.74, 6) is 0. The minimum atomic E-state index is -1.06. The number of nitrogens with zero attached hydrogens (tertiary/aromatic N) is 1. The monoisotopic (exact) mass is 214 g/mol. The number of amides is 1. The topological polar surface area (TPSA) is 71.3 Å². The van der Waals surface area contributed by atoms with E-state index in [4.69, 9.17) is 14.7 Å². The van der Waals surface area contributed by atoms with Crippen molar-refractivity contribution in [3.63, 3.8) is 0 Å². The van der Waals surface area contributed by atoms with Crippen LogP contribution in [0.25, 0.3) is 0 Å². The first-order valence-corrected chi connectivity index (χ1v) is 4.64. The third-order valence-corrected chi connectivity index (χ3v) is 1.46. The molecule has 0 saturated carbocycles. The zero-order chi connectivity index (χ0) is 12.1. The molecule has 5 nitrogen and oxygen atoms in total. The van der Waals surface area contributed by atoms with Gasteiger partial charge < -0.3 is 14.8 Å². The SMILES string of the molecule is COCC(C)(C#N)NC(=O)OC(C)(C)C. The van der Waals surface area contributed by atoms with Gasteiger partial charge in [-0.2, -0.15) is 5.26 Å². The van der Waals surface area contributed by atoms with E-state index >= 15 is 0 Å². The molecule has 0 aromatic carbocycles. The molecule has 0 aromatic rings. The molecule has 0 aromatic heterocycles. The minimum Gasteiger partial charge on any atom is -0.444 e. The van der Waals surface area contributed by atoms with Crippen molar-refractivity contribution in [2.24, 2.45) is 0 Å². The molecule has 0 aliphatic heterocycles. The quantitative estimate of drug-likeness (QED) is 0.771. The summed E-state index contributed by atoms with van der Waals surface area (Å²) in [6, 6.07) is 1.96. The highest BCUT2D eigenvalue weighted by Gasteiger charge is 2.28. The normalized spacial score (nSPS) is 14.9. The van der Waals surface area contributed by atoms with Crippen LogP contribution in [0.3, 0.4) is 0 Å². The molecule has 0 bridgehead atoms. The van der Waals surface area contributed by atoms with Crippen LogP contribution in [0.1, 0.15) is 27.7 Å². The molecule has 1 N–H and O–H groups in total. The van der Waals surface area contributed by atoms with Crippen LogP contribution in [0, 0.1) is 11.3 Å². The predicted molar refractivity (Wildman–Crippen MR) is 55.3 cm³/mol. The third kappa shape index (κ3) is 5.92. The number of methoxy groups -OCH3 is 1. The molecular formula is C10H18N2O3. The molecule has 0 fully saturated rings. The highest BCUT2D eigenvalue weighted by molar-refractivity contribution is 5.69. The zero-order valence-electron chi connectivity index (χ0n) is 9.88. The van der Waals surface area contributed by atoms with Crippen molar-refractivity contribution in [2.75, 3.05) is 13.7 Å². The maximum Gasteiger partial charge on any atom is 0.408 e. The zero-order valence-corrected chi connectivity index (χ0v) is 9.88. The highest BCUT2D eigenvalue weighted by atomic mass is 16.6. The van der Waals surface area contributed by atoms with Crippen LogP contribution < -0.4 is 5.32 Å². The van der Waals surface area contributed by atoms with Crippen molar-refractivity contribution in [3.8, 4) is 6.07 Å². The Kier molecular flexibility index (Phi) is 4.56. The van der Waals surface area contributed by atoms with Gasteiger partial charge >= 0.3 is 6.09 Å². The fraction of sp³-hybridized carbons (Fsp3) is 0.800. The summed E-state index contributed by atoms with van der Waals surface area (Å²) >= 11 is 0. The number of carbonyl (C=O) groups is 1. The van der Waals surface area contributed by atoms with Gasteiger partial charge in [-0.25, -0.2) is 4.79 Å². The van der Waals surface area contributed by atoms with Crippen LogP contribution in [0.15, 0.2) is 0 Å². The second-order valence-corrected chi connectivity index (χ2v) is 4.50. The number of alkyl carbamates (subject to hydrolysis) is 1. The van der Waals surface area contributed by atoms with Crippen LogP contribution in [-0.2, 0) is 9.47 Å². The molecule has 0 spiro atoms. The molecule has 15 heavy (non-hydrogen) atoms. The molecule has 0 aliphatic rings. The minimum absolute atomic E-state index is 0.114. The first-order valence-electron chi connectivity index (χ1n) is 4.64. The van der Waals surface area contributed by atoms with E-state index in [-0.39, 0.29) is 6.61 Å². The lowest BCUT2D eigenvalue weighted by Crippen LogP contribution is -2.49. The van der Waals surface area contributed by atoms with Crippen molar-refractivity contribution in [1.29, 1.82) is 5.26 Å². The number of hydrogen-bond donors (Lipinski definition) is 1. The average molecular weight is 214 g/mol. The van der Waals surface area contributed by atoms with E-state index in [1.807, 2.05) is 6.07 Å². The van der Waals surface area contributed by atoms with E-state index in [1.165, 1.54) is 7.11 Å². The number of nitrogens with one attached hydrogen (secondary N) is 1. The lowest BCUT2D eigenvalue weighted by Gasteiger charge is -2.25. The predicted octanol–water partition coefficient (Wildman–Crippen LogP) is 1.44. The fourth-order valence-corrected chi connectivity index (χ4v) is 0.914. The van der Waals surface area contributed by atoms with Gasteiger partial charge in [0.05, 0.1) is 12.7 Å². The van der Waals surface area contributed by atoms with Gasteiger partial charge in [0.15, 0.2) is 5.54 Å². The Morgan fingerprint density at radius 2 is 1.93 bits per heavy atom. The first kappa shape index (κ1) is 13.7. The third-order valence-electron chi connectivity index (χ3n) is 1.46. The number of nitriles is 1. The summed E-state index contributed by atoms with van der Waals surface area (Å²) in [4.78, 5) is 11.4. The summed E-state index contributed by atoms with van der Waals surface area (Å²) < 4.78 is 9.86. The van der Waals surface area contributed by atoms with Crippen LogP contribution in [0.5, 0.6) is 0 Å². The molecule has 1 atom stereocenters. The van der Waals surface area contributed by atoms with E-state index in [2.05, 4.69) is 5.32 Å². The van der Waals surface area contributed by atoms with Gasteiger partial charge in [-0.3, -0.25) is 0 Å². The molecule has 0 rings (SSSR count). The van der Waals surface area contributed by atoms with E-state index < -0.39 is 17.2 Å². The fourth-order valence-electron chi connectivity index (χ4n) is 0.914. The molecule has 0 heterocycles. The Morgan fingerprint density at radius 1 is 1.40 bits per heavy atom. The summed E-state index contributed by atoms with van der Waals surface area (Å²) in [7, 11) is 1.46. The largest absolute Gasteiger partial charge is 0.444 e. The lowest BCUT2D eigenvalue weighted by molar-refractivity contribution is 0.0435. The van der Waals surface area contributed by atoms with Crippen molar-refractivity contribution in [2.45, 2.75) is 38.8 Å². The smallest absolute Gasteiger partial charge is 0.408 e. The Bertz CT molecular complexity index is 265. The summed E-state index contributed by atoms with van der Waals surface area (Å²) in [6.45, 7) is 6.95. The molecule has 86 valence electrons. The number of hydrogen-bond acceptors (Lipinski definition) is 4. The summed E-state index contributed by atoms with van der Waals surface area (Å²) in [6.07, 6.45) is -0.622. The van der Waals surface area contributed by atoms with Crippen molar-refractivity contribution in [1.82, 2.24) is 5.32 Å². The van der Waals surface area contributed by atoms with Gasteiger partial charge in [0.1, 0.15) is 5.60 Å². The van der Waals surface area contributed by atoms with Gasteiger partial charge in [-0.05, 0) is 27.7 Å². The first-order chi connectivity index (χ1) is 6.72.